The summed E-state index contributed by atoms with van der Waals surface area (Å²) in [6.45, 7) is 11.7. The second-order valence-corrected chi connectivity index (χ2v) is 13.2. The minimum absolute atomic E-state index is 0.0246. The third-order valence-corrected chi connectivity index (χ3v) is 9.41. The van der Waals surface area contributed by atoms with Crippen LogP contribution < -0.4 is 4.90 Å². The zero-order valence-corrected chi connectivity index (χ0v) is 25.9. The number of carbonyl (C=O) groups excluding carboxylic acids is 4. The fourth-order valence-corrected chi connectivity index (χ4v) is 7.56. The van der Waals surface area contributed by atoms with E-state index in [4.69, 9.17) is 14.2 Å². The molecule has 0 bridgehead atoms. The van der Waals surface area contributed by atoms with E-state index in [9.17, 15) is 19.2 Å². The highest BCUT2D eigenvalue weighted by Gasteiger charge is 2.33. The van der Waals surface area contributed by atoms with Gasteiger partial charge in [0, 0.05) is 34.5 Å². The molecule has 218 valence electrons. The van der Waals surface area contributed by atoms with Crippen LogP contribution in [-0.4, -0.2) is 72.6 Å². The Kier molecular flexibility index (Phi) is 12.5. The van der Waals surface area contributed by atoms with Crippen LogP contribution in [0.1, 0.15) is 39.2 Å². The van der Waals surface area contributed by atoms with Crippen molar-refractivity contribution < 1.29 is 33.4 Å². The predicted molar refractivity (Wildman–Crippen MR) is 162 cm³/mol. The number of carbonyl (C=O) groups is 4. The molecule has 0 N–H and O–H groups in total. The molecular formula is C29H37NO7S3. The molecule has 8 nitrogen and oxygen atoms in total. The number of benzene rings is 1. The maximum Gasteiger partial charge on any atom is 0.344 e. The molecule has 0 radical (unpaired) electrons. The van der Waals surface area contributed by atoms with Gasteiger partial charge in [0.15, 0.2) is 5.78 Å². The Bertz CT molecular complexity index is 1150. The lowest BCUT2D eigenvalue weighted by Gasteiger charge is -2.24. The molecule has 11 heteroatoms. The number of Topliss-reactive ketones (excluding diaryl/α,β-unsaturated/α-hetero) is 1. The summed E-state index contributed by atoms with van der Waals surface area (Å²) in [5.41, 5.74) is 3.19. The first-order chi connectivity index (χ1) is 19.0. The highest BCUT2D eigenvalue weighted by atomic mass is 32.2. The Morgan fingerprint density at radius 3 is 2.33 bits per heavy atom. The number of thioether (sulfide) groups is 3. The standard InChI is InChI=1S/C29H37NO7S3/c1-18(2)13-30-23-7-6-19(3)12-24(23)40-28(30)27(21(5)31)29(34)36-11-10-35-25(32)8-9-26(33)37-22-16-38-14-20(4)15-39-17-22/h6-7,12,18,22H,4,8-11,13-17H2,1-3,5H3/b28-27-. The summed E-state index contributed by atoms with van der Waals surface area (Å²) in [5.74, 6) is 1.21. The number of rotatable bonds is 11. The number of ether oxygens (including phenoxy) is 3. The van der Waals surface area contributed by atoms with Crippen LogP contribution in [0.15, 0.2) is 45.8 Å². The summed E-state index contributed by atoms with van der Waals surface area (Å²) >= 11 is 4.76. The van der Waals surface area contributed by atoms with Crippen LogP contribution in [0.4, 0.5) is 5.69 Å². The van der Waals surface area contributed by atoms with Gasteiger partial charge in [-0.2, -0.15) is 23.5 Å². The largest absolute Gasteiger partial charge is 0.462 e. The number of aryl methyl sites for hydroxylation is 1. The average molecular weight is 608 g/mol. The van der Waals surface area contributed by atoms with Gasteiger partial charge < -0.3 is 19.1 Å². The van der Waals surface area contributed by atoms with Crippen molar-refractivity contribution in [1.29, 1.82) is 0 Å². The van der Waals surface area contributed by atoms with Gasteiger partial charge in [-0.15, -0.1) is 0 Å². The molecular weight excluding hydrogens is 571 g/mol. The zero-order valence-electron chi connectivity index (χ0n) is 23.5. The Labute approximate surface area is 249 Å². The molecule has 0 aliphatic carbocycles. The second kappa shape index (κ2) is 15.6. The number of hydrogen-bond donors (Lipinski definition) is 0. The molecule has 2 heterocycles. The van der Waals surface area contributed by atoms with Crippen LogP contribution in [0.5, 0.6) is 0 Å². The normalized spacial score (nSPS) is 17.1. The molecule has 40 heavy (non-hydrogen) atoms. The third kappa shape index (κ3) is 9.62. The van der Waals surface area contributed by atoms with Crippen molar-refractivity contribution in [2.24, 2.45) is 5.92 Å². The average Bonchev–Trinajstić information content (AvgIpc) is 3.19. The van der Waals surface area contributed by atoms with Crippen molar-refractivity contribution in [2.45, 2.75) is 51.5 Å². The molecule has 1 fully saturated rings. The smallest absolute Gasteiger partial charge is 0.344 e. The Morgan fingerprint density at radius 1 is 1.02 bits per heavy atom. The highest BCUT2D eigenvalue weighted by Crippen LogP contribution is 2.48. The number of hydrogen-bond acceptors (Lipinski definition) is 11. The SMILES string of the molecule is C=C1CSCC(OC(=O)CCC(=O)OCCOC(=O)/C(C(C)=O)=C2\Sc3cc(C)ccc3N2CC(C)C)CSC1. The molecule has 0 unspecified atom stereocenters. The van der Waals surface area contributed by atoms with Crippen LogP contribution >= 0.6 is 35.3 Å². The van der Waals surface area contributed by atoms with E-state index in [2.05, 4.69) is 20.4 Å². The van der Waals surface area contributed by atoms with Crippen molar-refractivity contribution in [2.75, 3.05) is 47.7 Å². The zero-order chi connectivity index (χ0) is 29.2. The summed E-state index contributed by atoms with van der Waals surface area (Å²) in [7, 11) is 0. The summed E-state index contributed by atoms with van der Waals surface area (Å²) in [6.07, 6.45) is -0.402. The molecule has 0 spiro atoms. The van der Waals surface area contributed by atoms with Gasteiger partial charge in [-0.25, -0.2) is 4.79 Å². The minimum Gasteiger partial charge on any atom is -0.462 e. The highest BCUT2D eigenvalue weighted by molar-refractivity contribution is 8.03. The van der Waals surface area contributed by atoms with Gasteiger partial charge in [0.05, 0.1) is 23.6 Å². The van der Waals surface area contributed by atoms with E-state index in [1.807, 2.05) is 30.0 Å². The summed E-state index contributed by atoms with van der Waals surface area (Å²) < 4.78 is 15.9. The predicted octanol–water partition coefficient (Wildman–Crippen LogP) is 5.18. The molecule has 0 aromatic heterocycles. The monoisotopic (exact) mass is 607 g/mol. The van der Waals surface area contributed by atoms with E-state index in [1.54, 1.807) is 23.5 Å². The van der Waals surface area contributed by atoms with Gasteiger partial charge >= 0.3 is 17.9 Å². The molecule has 3 rings (SSSR count). The topological polar surface area (TPSA) is 99.2 Å². The molecule has 1 aromatic rings. The van der Waals surface area contributed by atoms with Gasteiger partial charge in [0.2, 0.25) is 0 Å². The molecule has 2 aliphatic heterocycles. The Hall–Kier alpha value is -2.37. The van der Waals surface area contributed by atoms with Crippen molar-refractivity contribution in [3.05, 3.63) is 46.5 Å². The Morgan fingerprint density at radius 2 is 1.68 bits per heavy atom. The van der Waals surface area contributed by atoms with Gasteiger partial charge in [0.25, 0.3) is 0 Å². The molecule has 1 aromatic carbocycles. The van der Waals surface area contributed by atoms with Crippen LogP contribution in [-0.2, 0) is 33.4 Å². The van der Waals surface area contributed by atoms with Crippen molar-refractivity contribution in [3.63, 3.8) is 0 Å². The molecule has 0 amide bonds. The van der Waals surface area contributed by atoms with Crippen LogP contribution in [0.3, 0.4) is 0 Å². The van der Waals surface area contributed by atoms with Crippen molar-refractivity contribution >= 4 is 64.7 Å². The summed E-state index contributed by atoms with van der Waals surface area (Å²) in [6, 6.07) is 6.04. The van der Waals surface area contributed by atoms with E-state index >= 15 is 0 Å². The molecule has 2 aliphatic rings. The summed E-state index contributed by atoms with van der Waals surface area (Å²) in [4.78, 5) is 52.8. The van der Waals surface area contributed by atoms with Gasteiger partial charge in [-0.3, -0.25) is 14.4 Å². The van der Waals surface area contributed by atoms with Crippen molar-refractivity contribution in [3.8, 4) is 0 Å². The number of nitrogens with zero attached hydrogens (tertiary/aromatic N) is 1. The first-order valence-corrected chi connectivity index (χ1v) is 16.3. The maximum absolute atomic E-state index is 13.0. The van der Waals surface area contributed by atoms with Gasteiger partial charge in [-0.1, -0.05) is 43.8 Å². The second-order valence-electron chi connectivity index (χ2n) is 10.1. The van der Waals surface area contributed by atoms with Crippen LogP contribution in [0.25, 0.3) is 0 Å². The fraction of sp³-hybridized carbons (Fsp3) is 0.517. The van der Waals surface area contributed by atoms with Crippen LogP contribution in [0.2, 0.25) is 0 Å². The quantitative estimate of drug-likeness (QED) is 0.0633. The van der Waals surface area contributed by atoms with E-state index in [-0.39, 0.29) is 37.7 Å². The van der Waals surface area contributed by atoms with Crippen molar-refractivity contribution in [1.82, 2.24) is 0 Å². The number of fused-ring (bicyclic) bond motifs is 1. The fourth-order valence-electron chi connectivity index (χ4n) is 4.02. The lowest BCUT2D eigenvalue weighted by Crippen LogP contribution is -2.28. The first kappa shape index (κ1) is 32.1. The van der Waals surface area contributed by atoms with E-state index in [1.165, 1.54) is 24.3 Å². The van der Waals surface area contributed by atoms with Crippen LogP contribution in [0, 0.1) is 12.8 Å². The first-order valence-electron chi connectivity index (χ1n) is 13.2. The number of anilines is 1. The van der Waals surface area contributed by atoms with E-state index < -0.39 is 23.7 Å². The maximum atomic E-state index is 13.0. The van der Waals surface area contributed by atoms with Gasteiger partial charge in [-0.05, 0) is 37.5 Å². The van der Waals surface area contributed by atoms with Gasteiger partial charge in [0.1, 0.15) is 24.9 Å². The van der Waals surface area contributed by atoms with E-state index in [0.29, 0.717) is 29.0 Å². The molecule has 0 atom stereocenters. The lowest BCUT2D eigenvalue weighted by atomic mass is 10.1. The number of ketones is 1. The Balaban J connectivity index is 1.48. The minimum atomic E-state index is -0.758. The third-order valence-electron chi connectivity index (χ3n) is 5.81. The number of esters is 3. The van der Waals surface area contributed by atoms with E-state index in [0.717, 1.165) is 27.7 Å². The lowest BCUT2D eigenvalue weighted by molar-refractivity contribution is -0.154. The summed E-state index contributed by atoms with van der Waals surface area (Å²) in [5, 5.41) is 0.549. The molecule has 1 saturated heterocycles. The molecule has 0 saturated carbocycles.